The largest absolute Gasteiger partial charge is 0.481 e. The number of benzene rings is 17. The zero-order valence-corrected chi connectivity index (χ0v) is 68.2. The number of anilines is 13. The minimum absolute atomic E-state index is 0. The number of carbonyl (C=O) groups is 2. The number of aryl methyl sites for hydroxylation is 8. The number of halogens is 1. The van der Waals surface area contributed by atoms with Crippen molar-refractivity contribution in [3.05, 3.63) is 389 Å². The Kier molecular flexibility index (Phi) is 25.5. The number of hydrogen-bond acceptors (Lipinski definition) is 7. The molecular weight excluding hydrogens is 1550 g/mol. The second kappa shape index (κ2) is 36.0. The Balaban J connectivity index is 0.000000206. The molecule has 0 saturated carbocycles. The third kappa shape index (κ3) is 17.9. The number of carboxylic acids is 2. The molecule has 0 spiro atoms. The van der Waals surface area contributed by atoms with E-state index in [-0.39, 0.29) is 20.4 Å². The van der Waals surface area contributed by atoms with E-state index in [1.54, 1.807) is 0 Å². The van der Waals surface area contributed by atoms with Crippen LogP contribution in [-0.4, -0.2) is 22.2 Å². The van der Waals surface area contributed by atoms with Crippen LogP contribution >= 0.6 is 15.9 Å². The Hall–Kier alpha value is -12.6. The molecule has 0 amide bonds. The predicted molar refractivity (Wildman–Crippen MR) is 480 cm³/mol. The van der Waals surface area contributed by atoms with E-state index in [9.17, 15) is 0 Å². The Labute approximate surface area is 684 Å². The van der Waals surface area contributed by atoms with E-state index in [1.807, 2.05) is 31.2 Å². The maximum atomic E-state index is 9.00. The smallest absolute Gasteiger partial charge is 0.300 e. The van der Waals surface area contributed by atoms with Gasteiger partial charge in [-0.25, -0.2) is 0 Å². The van der Waals surface area contributed by atoms with Gasteiger partial charge in [0.05, 0.1) is 28.4 Å². The van der Waals surface area contributed by atoms with Gasteiger partial charge in [-0.3, -0.25) is 9.59 Å². The van der Waals surface area contributed by atoms with E-state index in [0.29, 0.717) is 0 Å². The summed E-state index contributed by atoms with van der Waals surface area (Å²) >= 11 is 3.88. The average molecular weight is 1640 g/mol. The number of nitrogens with two attached hydrogens (primary N) is 1. The van der Waals surface area contributed by atoms with Gasteiger partial charge in [-0.2, -0.15) is 0 Å². The van der Waals surface area contributed by atoms with Crippen molar-refractivity contribution < 1.29 is 40.2 Å². The summed E-state index contributed by atoms with van der Waals surface area (Å²) in [5.41, 5.74) is 29.8. The van der Waals surface area contributed by atoms with Crippen LogP contribution in [0.15, 0.2) is 344 Å². The second-order valence-corrected chi connectivity index (χ2v) is 29.3. The number of aliphatic carboxylic acids is 2. The molecule has 0 radical (unpaired) electrons. The van der Waals surface area contributed by atoms with Gasteiger partial charge >= 0.3 is 0 Å². The Morgan fingerprint density at radius 2 is 0.354 bits per heavy atom. The number of fused-ring (bicyclic) bond motifs is 6. The van der Waals surface area contributed by atoms with Gasteiger partial charge in [-0.15, -0.1) is 0 Å². The average Bonchev–Trinajstić information content (AvgIpc) is 0.716. The fourth-order valence-electron chi connectivity index (χ4n) is 14.4. The Morgan fingerprint density at radius 1 is 0.230 bits per heavy atom. The van der Waals surface area contributed by atoms with Crippen molar-refractivity contribution in [3.8, 4) is 0 Å². The molecule has 0 aromatic heterocycles. The van der Waals surface area contributed by atoms with E-state index in [2.05, 4.69) is 399 Å². The summed E-state index contributed by atoms with van der Waals surface area (Å²) in [6.07, 6.45) is 0. The number of nitrogens with zero attached hydrogens (tertiary/aromatic N) is 4. The van der Waals surface area contributed by atoms with Gasteiger partial charge in [0.25, 0.3) is 11.9 Å². The fraction of sp³-hybridized carbons (Fsp3) is 0.0980. The van der Waals surface area contributed by atoms with Crippen LogP contribution in [0.4, 0.5) is 73.9 Å². The van der Waals surface area contributed by atoms with Gasteiger partial charge in [-0.1, -0.05) is 287 Å². The van der Waals surface area contributed by atoms with E-state index >= 15 is 0 Å². The number of nitrogen functional groups attached to an aromatic ring is 1. The summed E-state index contributed by atoms with van der Waals surface area (Å²) in [4.78, 5) is 27.9. The van der Waals surface area contributed by atoms with Gasteiger partial charge in [-0.05, 0) is 179 Å². The molecule has 17 rings (SSSR count). The van der Waals surface area contributed by atoms with E-state index in [4.69, 9.17) is 25.5 Å². The van der Waals surface area contributed by atoms with Crippen molar-refractivity contribution in [2.45, 2.75) is 69.2 Å². The molecule has 11 heteroatoms. The maximum Gasteiger partial charge on any atom is 0.300 e. The van der Waals surface area contributed by atoms with Crippen molar-refractivity contribution in [1.29, 1.82) is 0 Å². The summed E-state index contributed by atoms with van der Waals surface area (Å²) in [6, 6.07) is 123. The van der Waals surface area contributed by atoms with E-state index in [1.165, 1.54) is 93.3 Å². The number of carboxylic acid groups (broad SMARTS) is 2. The molecule has 564 valence electrons. The monoisotopic (exact) mass is 1630 g/mol. The number of rotatable bonds is 12. The molecule has 0 atom stereocenters. The minimum Gasteiger partial charge on any atom is -0.481 e. The fourth-order valence-corrected chi connectivity index (χ4v) is 15.1. The van der Waals surface area contributed by atoms with Crippen LogP contribution in [0.1, 0.15) is 58.4 Å². The first-order chi connectivity index (χ1) is 54.2. The van der Waals surface area contributed by atoms with Crippen molar-refractivity contribution >= 4 is 166 Å². The molecule has 0 heterocycles. The van der Waals surface area contributed by atoms with Crippen LogP contribution < -0.4 is 25.3 Å². The SMILES string of the molecule is CC(=O)O.CC(=O)O.Cc1ccc(N(c2ccc(C)cc2)c2c3ccccc3c(Br)c3ccccc23)cc1.Cc1ccc(N(c2ccc(C)cc2)c2c3ccccc3c(N(c3ccc(C)cc3)c3c4ccccc4c(N(c4ccc(C)cc4)c4ccc(C)cc4)c4ccccc34)c3ccccc23)cc1.Cc1ccc(N)cc1.[Pd]. The Morgan fingerprint density at radius 3 is 0.513 bits per heavy atom. The molecule has 17 aromatic carbocycles. The van der Waals surface area contributed by atoms with Crippen molar-refractivity contribution in [1.82, 2.24) is 0 Å². The summed E-state index contributed by atoms with van der Waals surface area (Å²) < 4.78 is 1.14. The zero-order chi connectivity index (χ0) is 78.7. The Bertz CT molecular complexity index is 5630. The molecule has 0 unspecified atom stereocenters. The first kappa shape index (κ1) is 79.9. The van der Waals surface area contributed by atoms with Crippen molar-refractivity contribution in [3.63, 3.8) is 0 Å². The summed E-state index contributed by atoms with van der Waals surface area (Å²) in [5, 5.41) is 29.0. The van der Waals surface area contributed by atoms with Gasteiger partial charge in [0.1, 0.15) is 0 Å². The van der Waals surface area contributed by atoms with Crippen LogP contribution in [0.3, 0.4) is 0 Å². The third-order valence-electron chi connectivity index (χ3n) is 19.8. The second-order valence-electron chi connectivity index (χ2n) is 28.5. The predicted octanol–water partition coefficient (Wildman–Crippen LogP) is 28.8. The van der Waals surface area contributed by atoms with Crippen LogP contribution in [0, 0.1) is 55.4 Å². The molecular formula is C102H90BrN5O4Pd. The molecule has 0 fully saturated rings. The van der Waals surface area contributed by atoms with E-state index < -0.39 is 11.9 Å². The van der Waals surface area contributed by atoms with Crippen LogP contribution in [0.25, 0.3) is 64.6 Å². The standard InChI is InChI=1S/C63H51N3.C28H22BrN.C7H9N.2C2H4O2.Pd/c1-42-22-32-47(33-23-42)64(48-34-24-43(2)25-35-48)60-52-14-6-10-18-56(52)62(57-19-11-7-15-53(57)60)66(51-40-30-46(5)31-41-51)63-58-20-12-8-16-54(58)61(55-17-9-13-21-59(55)63)65(49-36-26-44(3)27-37-49)50-38-28-45(4)29-39-50;1-19-11-15-21(16-12-19)30(22-17-13-20(2)14-18-22)28-25-9-5-3-7-23(25)27(29)24-8-4-6-10-26(24)28;1-6-2-4-7(8)5-3-6;2*1-2(3)4;/h6-41H,1-5H3;3-18H,1-2H3;2-5H,8H2,1H3;2*1H3,(H,3,4);. The molecule has 0 aliphatic rings. The first-order valence-corrected chi connectivity index (χ1v) is 38.3. The maximum absolute atomic E-state index is 9.00. The summed E-state index contributed by atoms with van der Waals surface area (Å²) in [6.45, 7) is 19.3. The van der Waals surface area contributed by atoms with E-state index in [0.717, 1.165) is 108 Å². The molecule has 17 aromatic rings. The molecule has 0 bridgehead atoms. The first-order valence-electron chi connectivity index (χ1n) is 37.6. The summed E-state index contributed by atoms with van der Waals surface area (Å²) in [5.74, 6) is -1.67. The minimum atomic E-state index is -0.833. The molecule has 0 aliphatic heterocycles. The summed E-state index contributed by atoms with van der Waals surface area (Å²) in [7, 11) is 0. The topological polar surface area (TPSA) is 114 Å². The van der Waals surface area contributed by atoms with Crippen LogP contribution in [-0.2, 0) is 30.0 Å². The molecule has 0 saturated heterocycles. The van der Waals surface area contributed by atoms with Crippen LogP contribution in [0.5, 0.6) is 0 Å². The van der Waals surface area contributed by atoms with Crippen molar-refractivity contribution in [2.24, 2.45) is 0 Å². The zero-order valence-electron chi connectivity index (χ0n) is 65.1. The third-order valence-corrected chi connectivity index (χ3v) is 20.7. The molecule has 9 nitrogen and oxygen atoms in total. The van der Waals surface area contributed by atoms with Crippen molar-refractivity contribution in [2.75, 3.05) is 25.3 Å². The van der Waals surface area contributed by atoms with Gasteiger partial charge in [0.2, 0.25) is 0 Å². The molecule has 4 N–H and O–H groups in total. The number of hydrogen-bond donors (Lipinski definition) is 3. The quantitative estimate of drug-likeness (QED) is 0.0476. The van der Waals surface area contributed by atoms with Crippen LogP contribution in [0.2, 0.25) is 0 Å². The molecule has 0 aliphatic carbocycles. The van der Waals surface area contributed by atoms with Gasteiger partial charge < -0.3 is 35.5 Å². The van der Waals surface area contributed by atoms with Gasteiger partial charge in [0, 0.05) is 138 Å². The van der Waals surface area contributed by atoms with Gasteiger partial charge in [0.15, 0.2) is 0 Å². The normalized spacial score (nSPS) is 10.7. The molecule has 113 heavy (non-hydrogen) atoms.